The standard InChI is InChI=1S/C15H25NO3/c1-12(2)16-10-14(17)11-19-15-6-4-13(5-7-15)8-9-18-3/h4-7,12,14,16-17H,8-11H2,1-3H3/i1D3,8D2,9D2,10D2,12D. The van der Waals surface area contributed by atoms with Crippen molar-refractivity contribution in [3.8, 4) is 5.75 Å². The predicted octanol–water partition coefficient (Wildman–Crippen LogP) is 1.61. The van der Waals surface area contributed by atoms with Crippen LogP contribution in [0.1, 0.15) is 33.0 Å². The summed E-state index contributed by atoms with van der Waals surface area (Å²) in [5.74, 6) is 0.141. The zero-order chi connectivity index (χ0) is 22.9. The Labute approximate surface area is 129 Å². The van der Waals surface area contributed by atoms with E-state index in [2.05, 4.69) is 4.74 Å². The van der Waals surface area contributed by atoms with Gasteiger partial charge in [0, 0.05) is 30.6 Å². The molecule has 0 saturated carbocycles. The molecule has 0 bridgehead atoms. The van der Waals surface area contributed by atoms with Gasteiger partial charge in [-0.1, -0.05) is 25.9 Å². The number of nitrogens with one attached hydrogen (secondary N) is 1. The van der Waals surface area contributed by atoms with E-state index in [-0.39, 0.29) is 11.3 Å². The molecule has 4 nitrogen and oxygen atoms in total. The van der Waals surface area contributed by atoms with Crippen molar-refractivity contribution in [1.82, 2.24) is 5.32 Å². The summed E-state index contributed by atoms with van der Waals surface area (Å²) in [5, 5.41) is 12.0. The highest BCUT2D eigenvalue weighted by atomic mass is 16.5. The van der Waals surface area contributed by atoms with Gasteiger partial charge < -0.3 is 19.9 Å². The van der Waals surface area contributed by atoms with Gasteiger partial charge in [0.2, 0.25) is 0 Å². The molecular formula is C15H25NO3. The summed E-state index contributed by atoms with van der Waals surface area (Å²) in [6, 6.07) is 2.81. The molecule has 0 spiro atoms. The molecule has 1 aromatic carbocycles. The van der Waals surface area contributed by atoms with Gasteiger partial charge in [-0.3, -0.25) is 0 Å². The molecule has 0 radical (unpaired) electrons. The van der Waals surface area contributed by atoms with Gasteiger partial charge in [-0.15, -0.1) is 0 Å². The minimum absolute atomic E-state index is 0.0168. The summed E-state index contributed by atoms with van der Waals surface area (Å²) < 4.78 is 85.9. The lowest BCUT2D eigenvalue weighted by Crippen LogP contribution is -2.35. The zero-order valence-electron chi connectivity index (χ0n) is 20.9. The van der Waals surface area contributed by atoms with Crippen molar-refractivity contribution in [2.45, 2.75) is 32.3 Å². The minimum Gasteiger partial charge on any atom is -0.491 e. The van der Waals surface area contributed by atoms with Gasteiger partial charge in [0.15, 0.2) is 0 Å². The molecule has 2 unspecified atom stereocenters. The van der Waals surface area contributed by atoms with E-state index in [1.165, 1.54) is 24.3 Å². The highest BCUT2D eigenvalue weighted by molar-refractivity contribution is 5.27. The number of aliphatic hydroxyl groups excluding tert-OH is 1. The van der Waals surface area contributed by atoms with Crippen LogP contribution in [-0.2, 0) is 11.1 Å². The fourth-order valence-corrected chi connectivity index (χ4v) is 1.15. The predicted molar refractivity (Wildman–Crippen MR) is 76.7 cm³/mol. The van der Waals surface area contributed by atoms with Crippen LogP contribution in [0.25, 0.3) is 0 Å². The topological polar surface area (TPSA) is 50.7 Å². The van der Waals surface area contributed by atoms with Gasteiger partial charge in [0.1, 0.15) is 18.5 Å². The summed E-state index contributed by atoms with van der Waals surface area (Å²) >= 11 is 0. The molecule has 2 N–H and O–H groups in total. The number of aryl methyl sites for hydroxylation is 1. The number of rotatable bonds is 9. The number of aliphatic hydroxyl groups is 1. The second-order valence-corrected chi connectivity index (χ2v) is 3.68. The SMILES string of the molecule is [2H]C([2H])(NC([2H])(C)C([2H])([2H])[2H])C(O)COc1ccc(C([2H])([2H])C([2H])([2H])OC)cc1. The Bertz CT molecular complexity index is 676. The van der Waals surface area contributed by atoms with E-state index in [9.17, 15) is 5.11 Å². The van der Waals surface area contributed by atoms with Crippen LogP contribution in [0.5, 0.6) is 5.75 Å². The molecule has 0 aliphatic heterocycles. The Balaban J connectivity index is 2.81. The van der Waals surface area contributed by atoms with Crippen LogP contribution in [0.15, 0.2) is 24.3 Å². The first-order chi connectivity index (χ1) is 12.9. The van der Waals surface area contributed by atoms with E-state index < -0.39 is 45.0 Å². The van der Waals surface area contributed by atoms with Crippen LogP contribution in [-0.4, -0.2) is 44.0 Å². The molecule has 0 aromatic heterocycles. The summed E-state index contributed by atoms with van der Waals surface area (Å²) in [4.78, 5) is 0. The van der Waals surface area contributed by atoms with E-state index in [0.717, 1.165) is 14.0 Å². The highest BCUT2D eigenvalue weighted by Crippen LogP contribution is 2.12. The maximum Gasteiger partial charge on any atom is 0.119 e. The Morgan fingerprint density at radius 3 is 2.84 bits per heavy atom. The molecule has 108 valence electrons. The fourth-order valence-electron chi connectivity index (χ4n) is 1.15. The van der Waals surface area contributed by atoms with Gasteiger partial charge in [0.25, 0.3) is 0 Å². The first kappa shape index (κ1) is 6.57. The third-order valence-electron chi connectivity index (χ3n) is 1.99. The molecule has 19 heavy (non-hydrogen) atoms. The third-order valence-corrected chi connectivity index (χ3v) is 1.99. The van der Waals surface area contributed by atoms with Crippen molar-refractivity contribution in [2.75, 3.05) is 26.8 Å². The lowest BCUT2D eigenvalue weighted by atomic mass is 10.1. The zero-order valence-corrected chi connectivity index (χ0v) is 10.9. The molecule has 1 rings (SSSR count). The van der Waals surface area contributed by atoms with E-state index in [4.69, 9.17) is 18.4 Å². The first-order valence-electron chi connectivity index (χ1n) is 10.6. The number of hydrogen-bond donors (Lipinski definition) is 2. The van der Waals surface area contributed by atoms with Gasteiger partial charge in [-0.25, -0.2) is 0 Å². The van der Waals surface area contributed by atoms with E-state index in [1.54, 1.807) is 0 Å². The Morgan fingerprint density at radius 2 is 2.21 bits per heavy atom. The smallest absolute Gasteiger partial charge is 0.119 e. The van der Waals surface area contributed by atoms with Crippen LogP contribution in [0.3, 0.4) is 0 Å². The van der Waals surface area contributed by atoms with E-state index in [1.807, 2.05) is 5.32 Å². The Hall–Kier alpha value is -1.10. The summed E-state index contributed by atoms with van der Waals surface area (Å²) in [6.45, 7) is -7.66. The molecule has 1 aromatic rings. The second kappa shape index (κ2) is 8.91. The monoisotopic (exact) mass is 277 g/mol. The number of benzene rings is 1. The van der Waals surface area contributed by atoms with Crippen molar-refractivity contribution >= 4 is 0 Å². The van der Waals surface area contributed by atoms with Crippen LogP contribution in [0.2, 0.25) is 0 Å². The van der Waals surface area contributed by atoms with Gasteiger partial charge >= 0.3 is 0 Å². The summed E-state index contributed by atoms with van der Waals surface area (Å²) in [7, 11) is 1.05. The number of methoxy groups -OCH3 is 1. The summed E-state index contributed by atoms with van der Waals surface area (Å²) in [6.07, 6.45) is -4.27. The molecule has 0 fully saturated rings. The lowest BCUT2D eigenvalue weighted by Gasteiger charge is -2.15. The maximum atomic E-state index is 10.0. The normalized spacial score (nSPS) is 26.5. The van der Waals surface area contributed by atoms with Crippen molar-refractivity contribution in [1.29, 1.82) is 0 Å². The minimum atomic E-state index is -2.83. The van der Waals surface area contributed by atoms with Crippen molar-refractivity contribution < 1.29 is 28.3 Å². The van der Waals surface area contributed by atoms with E-state index in [0.29, 0.717) is 0 Å². The van der Waals surface area contributed by atoms with E-state index >= 15 is 0 Å². The molecular weight excluding hydrogens is 242 g/mol. The van der Waals surface area contributed by atoms with Crippen LogP contribution in [0.4, 0.5) is 0 Å². The molecule has 2 atom stereocenters. The quantitative estimate of drug-likeness (QED) is 0.720. The van der Waals surface area contributed by atoms with Crippen LogP contribution < -0.4 is 10.1 Å². The molecule has 0 heterocycles. The van der Waals surface area contributed by atoms with Crippen molar-refractivity contribution in [2.24, 2.45) is 0 Å². The molecule has 0 amide bonds. The number of ether oxygens (including phenoxy) is 2. The summed E-state index contributed by atoms with van der Waals surface area (Å²) in [5.41, 5.74) is -0.0168. The molecule has 4 heteroatoms. The first-order valence-corrected chi connectivity index (χ1v) is 5.63. The molecule has 0 saturated heterocycles. The Morgan fingerprint density at radius 1 is 1.47 bits per heavy atom. The average molecular weight is 277 g/mol. The third kappa shape index (κ3) is 7.15. The number of hydrogen-bond acceptors (Lipinski definition) is 4. The van der Waals surface area contributed by atoms with Gasteiger partial charge in [-0.2, -0.15) is 0 Å². The van der Waals surface area contributed by atoms with Crippen molar-refractivity contribution in [3.05, 3.63) is 29.8 Å². The fraction of sp³-hybridized carbons (Fsp3) is 0.600. The van der Waals surface area contributed by atoms with Crippen molar-refractivity contribution in [3.63, 3.8) is 0 Å². The van der Waals surface area contributed by atoms with Gasteiger partial charge in [0.05, 0.1) is 9.30 Å². The average Bonchev–Trinajstić information content (AvgIpc) is 2.57. The highest BCUT2D eigenvalue weighted by Gasteiger charge is 2.05. The molecule has 0 aliphatic rings. The van der Waals surface area contributed by atoms with Gasteiger partial charge in [-0.05, 0) is 24.1 Å². The largest absolute Gasteiger partial charge is 0.491 e. The second-order valence-electron chi connectivity index (χ2n) is 3.68. The lowest BCUT2D eigenvalue weighted by molar-refractivity contribution is 0.104. The molecule has 0 aliphatic carbocycles. The Kier molecular flexibility index (Phi) is 3.08. The van der Waals surface area contributed by atoms with Crippen LogP contribution in [0, 0.1) is 0 Å². The maximum absolute atomic E-state index is 10.0. The van der Waals surface area contributed by atoms with Crippen LogP contribution >= 0.6 is 0 Å².